The third kappa shape index (κ3) is 3.89. The molecule has 1 aromatic carbocycles. The van der Waals surface area contributed by atoms with E-state index in [0.29, 0.717) is 5.75 Å². The first-order valence-electron chi connectivity index (χ1n) is 8.65. The number of carbonyl (C=O) groups is 1. The highest BCUT2D eigenvalue weighted by Crippen LogP contribution is 2.25. The summed E-state index contributed by atoms with van der Waals surface area (Å²) in [5.74, 6) is 0.747. The van der Waals surface area contributed by atoms with Gasteiger partial charge in [-0.1, -0.05) is 43.7 Å². The Morgan fingerprint density at radius 1 is 1.22 bits per heavy atom. The van der Waals surface area contributed by atoms with Crippen LogP contribution in [0.15, 0.2) is 29.4 Å². The third-order valence-corrected chi connectivity index (χ3v) is 5.35. The lowest BCUT2D eigenvalue weighted by molar-refractivity contribution is -0.127. The zero-order valence-electron chi connectivity index (χ0n) is 13.8. The first kappa shape index (κ1) is 16.4. The van der Waals surface area contributed by atoms with Crippen molar-refractivity contribution in [2.75, 3.05) is 18.8 Å². The van der Waals surface area contributed by atoms with Crippen LogP contribution in [0, 0.1) is 0 Å². The Morgan fingerprint density at radius 3 is 2.78 bits per heavy atom. The first-order chi connectivity index (χ1) is 11.3. The summed E-state index contributed by atoms with van der Waals surface area (Å²) in [6.45, 7) is 5.05. The molecule has 0 unspecified atom stereocenters. The highest BCUT2D eigenvalue weighted by molar-refractivity contribution is 7.99. The van der Waals surface area contributed by atoms with Crippen molar-refractivity contribution in [3.63, 3.8) is 0 Å². The number of hydrogen-bond acceptors (Lipinski definition) is 3. The molecular formula is C18H25N3OS. The monoisotopic (exact) mass is 331 g/mol. The van der Waals surface area contributed by atoms with Crippen LogP contribution in [-0.4, -0.2) is 39.2 Å². The second-order valence-corrected chi connectivity index (χ2v) is 7.06. The van der Waals surface area contributed by atoms with E-state index in [2.05, 4.69) is 29.7 Å². The van der Waals surface area contributed by atoms with Crippen LogP contribution in [0.2, 0.25) is 0 Å². The number of carbonyl (C=O) groups excluding carboxylic acids is 1. The second-order valence-electron chi connectivity index (χ2n) is 6.12. The molecule has 124 valence electrons. The van der Waals surface area contributed by atoms with Gasteiger partial charge in [0.1, 0.15) is 0 Å². The number of nitrogens with zero attached hydrogens (tertiary/aromatic N) is 3. The van der Waals surface area contributed by atoms with E-state index in [1.54, 1.807) is 11.8 Å². The molecule has 0 radical (unpaired) electrons. The van der Waals surface area contributed by atoms with Crippen LogP contribution in [0.25, 0.3) is 11.0 Å². The fraction of sp³-hybridized carbons (Fsp3) is 0.556. The van der Waals surface area contributed by atoms with Gasteiger partial charge in [-0.15, -0.1) is 0 Å². The van der Waals surface area contributed by atoms with Gasteiger partial charge in [-0.25, -0.2) is 4.98 Å². The summed E-state index contributed by atoms with van der Waals surface area (Å²) in [6, 6.07) is 8.26. The fourth-order valence-electron chi connectivity index (χ4n) is 3.08. The van der Waals surface area contributed by atoms with Gasteiger partial charge in [0.05, 0.1) is 16.8 Å². The van der Waals surface area contributed by atoms with Crippen LogP contribution < -0.4 is 0 Å². The van der Waals surface area contributed by atoms with Crippen LogP contribution in [0.4, 0.5) is 0 Å². The summed E-state index contributed by atoms with van der Waals surface area (Å²) < 4.78 is 2.28. The molecule has 1 aromatic heterocycles. The number of likely N-dealkylation sites (tertiary alicyclic amines) is 1. The number of fused-ring (bicyclic) bond motifs is 1. The molecule has 0 atom stereocenters. The van der Waals surface area contributed by atoms with Crippen molar-refractivity contribution in [3.8, 4) is 0 Å². The van der Waals surface area contributed by atoms with Crippen LogP contribution in [-0.2, 0) is 11.3 Å². The molecule has 5 heteroatoms. The minimum Gasteiger partial charge on any atom is -0.342 e. The van der Waals surface area contributed by atoms with E-state index in [0.717, 1.165) is 49.6 Å². The second kappa shape index (κ2) is 7.86. The first-order valence-corrected chi connectivity index (χ1v) is 9.64. The number of benzene rings is 1. The van der Waals surface area contributed by atoms with Gasteiger partial charge in [0.15, 0.2) is 5.16 Å². The Labute approximate surface area is 142 Å². The van der Waals surface area contributed by atoms with Gasteiger partial charge in [0, 0.05) is 19.6 Å². The van der Waals surface area contributed by atoms with Crippen molar-refractivity contribution in [2.45, 2.75) is 50.7 Å². The van der Waals surface area contributed by atoms with Crippen molar-refractivity contribution < 1.29 is 4.79 Å². The van der Waals surface area contributed by atoms with Gasteiger partial charge in [0.25, 0.3) is 0 Å². The highest BCUT2D eigenvalue weighted by Gasteiger charge is 2.19. The predicted octanol–water partition coefficient (Wildman–Crippen LogP) is 3.94. The van der Waals surface area contributed by atoms with Gasteiger partial charge >= 0.3 is 0 Å². The molecule has 0 N–H and O–H groups in total. The van der Waals surface area contributed by atoms with Gasteiger partial charge < -0.3 is 9.47 Å². The summed E-state index contributed by atoms with van der Waals surface area (Å²) >= 11 is 1.59. The van der Waals surface area contributed by atoms with Crippen molar-refractivity contribution >= 4 is 28.7 Å². The summed E-state index contributed by atoms with van der Waals surface area (Å²) in [5, 5.41) is 0.981. The van der Waals surface area contributed by atoms with Crippen molar-refractivity contribution in [1.29, 1.82) is 0 Å². The summed E-state index contributed by atoms with van der Waals surface area (Å²) in [6.07, 6.45) is 5.88. The van der Waals surface area contributed by atoms with E-state index in [-0.39, 0.29) is 5.91 Å². The topological polar surface area (TPSA) is 38.1 Å². The molecule has 0 saturated carbocycles. The molecule has 1 aliphatic heterocycles. The lowest BCUT2D eigenvalue weighted by Crippen LogP contribution is -2.29. The van der Waals surface area contributed by atoms with Gasteiger partial charge in [-0.05, 0) is 31.4 Å². The molecular weight excluding hydrogens is 306 g/mol. The fourth-order valence-corrected chi connectivity index (χ4v) is 4.03. The van der Waals surface area contributed by atoms with Crippen molar-refractivity contribution in [3.05, 3.63) is 24.3 Å². The Bertz CT molecular complexity index is 661. The van der Waals surface area contributed by atoms with Gasteiger partial charge in [-0.3, -0.25) is 4.79 Å². The molecule has 1 fully saturated rings. The van der Waals surface area contributed by atoms with Gasteiger partial charge in [0.2, 0.25) is 5.91 Å². The Balaban J connectivity index is 1.72. The van der Waals surface area contributed by atoms with Crippen molar-refractivity contribution in [2.24, 2.45) is 0 Å². The normalized spacial score (nSPS) is 14.7. The predicted molar refractivity (Wildman–Crippen MR) is 95.8 cm³/mol. The van der Waals surface area contributed by atoms with E-state index in [1.165, 1.54) is 18.4 Å². The maximum absolute atomic E-state index is 12.3. The summed E-state index contributed by atoms with van der Waals surface area (Å²) in [5.41, 5.74) is 2.21. The molecule has 0 spiro atoms. The largest absolute Gasteiger partial charge is 0.342 e. The Hall–Kier alpha value is -1.49. The Kier molecular flexibility index (Phi) is 5.60. The smallest absolute Gasteiger partial charge is 0.233 e. The number of aromatic nitrogens is 2. The standard InChI is InChI=1S/C18H25N3OS/c1-2-3-6-13-21-16-10-5-4-9-15(16)19-18(21)23-14-17(22)20-11-7-8-12-20/h4-5,9-10H,2-3,6-8,11-14H2,1H3. The van der Waals surface area contributed by atoms with E-state index in [9.17, 15) is 4.79 Å². The molecule has 0 bridgehead atoms. The number of imidazole rings is 1. The average molecular weight is 331 g/mol. The van der Waals surface area contributed by atoms with E-state index >= 15 is 0 Å². The zero-order chi connectivity index (χ0) is 16.1. The van der Waals surface area contributed by atoms with Crippen LogP contribution in [0.3, 0.4) is 0 Å². The van der Waals surface area contributed by atoms with Gasteiger partial charge in [-0.2, -0.15) is 0 Å². The molecule has 2 heterocycles. The SMILES string of the molecule is CCCCCn1c(SCC(=O)N2CCCC2)nc2ccccc21. The van der Waals surface area contributed by atoms with Crippen LogP contribution in [0.1, 0.15) is 39.0 Å². The molecule has 1 amide bonds. The lowest BCUT2D eigenvalue weighted by Gasteiger charge is -2.15. The van der Waals surface area contributed by atoms with E-state index in [1.807, 2.05) is 11.0 Å². The van der Waals surface area contributed by atoms with Crippen molar-refractivity contribution in [1.82, 2.24) is 14.5 Å². The van der Waals surface area contributed by atoms with E-state index in [4.69, 9.17) is 4.98 Å². The molecule has 1 aliphatic rings. The quantitative estimate of drug-likeness (QED) is 0.570. The summed E-state index contributed by atoms with van der Waals surface area (Å²) in [4.78, 5) is 19.0. The molecule has 3 rings (SSSR count). The molecule has 1 saturated heterocycles. The maximum atomic E-state index is 12.3. The highest BCUT2D eigenvalue weighted by atomic mass is 32.2. The number of aryl methyl sites for hydroxylation is 1. The molecule has 0 aliphatic carbocycles. The van der Waals surface area contributed by atoms with E-state index < -0.39 is 0 Å². The molecule has 4 nitrogen and oxygen atoms in total. The average Bonchev–Trinajstić information content (AvgIpc) is 3.21. The molecule has 23 heavy (non-hydrogen) atoms. The minimum absolute atomic E-state index is 0.250. The maximum Gasteiger partial charge on any atom is 0.233 e. The van der Waals surface area contributed by atoms with Crippen LogP contribution in [0.5, 0.6) is 0 Å². The number of thioether (sulfide) groups is 1. The lowest BCUT2D eigenvalue weighted by atomic mass is 10.2. The number of unbranched alkanes of at least 4 members (excludes halogenated alkanes) is 2. The van der Waals surface area contributed by atoms with Crippen LogP contribution >= 0.6 is 11.8 Å². The Morgan fingerprint density at radius 2 is 2.00 bits per heavy atom. The number of rotatable bonds is 7. The minimum atomic E-state index is 0.250. The zero-order valence-corrected chi connectivity index (χ0v) is 14.6. The summed E-state index contributed by atoms with van der Waals surface area (Å²) in [7, 11) is 0. The number of para-hydroxylation sites is 2. The molecule has 2 aromatic rings. The number of hydrogen-bond donors (Lipinski definition) is 0. The third-order valence-electron chi connectivity index (χ3n) is 4.39. The number of amides is 1.